The molecule has 2 fully saturated rings. The average Bonchev–Trinajstić information content (AvgIpc) is 3.16. The smallest absolute Gasteiger partial charge is 0.270 e. The van der Waals surface area contributed by atoms with Crippen molar-refractivity contribution < 1.29 is 0 Å². The summed E-state index contributed by atoms with van der Waals surface area (Å²) in [6.07, 6.45) is 7.93. The molecule has 1 aliphatic carbocycles. The van der Waals surface area contributed by atoms with Gasteiger partial charge in [-0.1, -0.05) is 12.8 Å². The summed E-state index contributed by atoms with van der Waals surface area (Å²) in [5.74, 6) is 0.565. The van der Waals surface area contributed by atoms with Gasteiger partial charge in [-0.05, 0) is 44.8 Å². The Bertz CT molecular complexity index is 871. The Labute approximate surface area is 146 Å². The summed E-state index contributed by atoms with van der Waals surface area (Å²) in [6, 6.07) is 4.11. The van der Waals surface area contributed by atoms with Gasteiger partial charge in [0.1, 0.15) is 17.3 Å². The van der Waals surface area contributed by atoms with Gasteiger partial charge in [-0.25, -0.2) is 4.98 Å². The molecule has 0 unspecified atom stereocenters. The third-order valence-corrected chi connectivity index (χ3v) is 5.26. The molecular formula is C18H22N6O. The zero-order chi connectivity index (χ0) is 17.2. The predicted molar refractivity (Wildman–Crippen MR) is 95.5 cm³/mol. The van der Waals surface area contributed by atoms with Crippen LogP contribution in [0.25, 0.3) is 11.0 Å². The summed E-state index contributed by atoms with van der Waals surface area (Å²) in [4.78, 5) is 21.8. The van der Waals surface area contributed by atoms with E-state index >= 15 is 0 Å². The number of piperidine rings is 1. The van der Waals surface area contributed by atoms with Gasteiger partial charge in [-0.2, -0.15) is 10.2 Å². The maximum atomic E-state index is 12.8. The maximum Gasteiger partial charge on any atom is 0.270 e. The van der Waals surface area contributed by atoms with Crippen LogP contribution in [0.4, 0.5) is 5.95 Å². The Morgan fingerprint density at radius 1 is 1.24 bits per heavy atom. The number of fused-ring (bicyclic) bond motifs is 1. The molecule has 0 amide bonds. The van der Waals surface area contributed by atoms with Crippen molar-refractivity contribution in [2.45, 2.75) is 50.6 Å². The second kappa shape index (κ2) is 6.81. The van der Waals surface area contributed by atoms with Gasteiger partial charge in [0.15, 0.2) is 0 Å². The van der Waals surface area contributed by atoms with Gasteiger partial charge in [-0.3, -0.25) is 9.36 Å². The second-order valence-corrected chi connectivity index (χ2v) is 6.92. The minimum atomic E-state index is -0.228. The third-order valence-electron chi connectivity index (χ3n) is 5.26. The van der Waals surface area contributed by atoms with Gasteiger partial charge >= 0.3 is 0 Å². The first-order valence-corrected chi connectivity index (χ1v) is 9.06. The molecule has 7 heteroatoms. The van der Waals surface area contributed by atoms with Crippen LogP contribution in [0.5, 0.6) is 0 Å². The van der Waals surface area contributed by atoms with Crippen molar-refractivity contribution in [3.05, 3.63) is 28.2 Å². The zero-order valence-electron chi connectivity index (χ0n) is 14.2. The lowest BCUT2D eigenvalue weighted by molar-refractivity contribution is 0.477. The van der Waals surface area contributed by atoms with E-state index in [-0.39, 0.29) is 17.2 Å². The molecule has 0 spiro atoms. The normalized spacial score (nSPS) is 19.2. The van der Waals surface area contributed by atoms with Crippen molar-refractivity contribution in [1.82, 2.24) is 19.9 Å². The quantitative estimate of drug-likeness (QED) is 0.888. The van der Waals surface area contributed by atoms with Crippen LogP contribution in [0.1, 0.15) is 50.1 Å². The molecule has 0 bridgehead atoms. The third kappa shape index (κ3) is 3.10. The number of pyridine rings is 1. The summed E-state index contributed by atoms with van der Waals surface area (Å²) >= 11 is 0. The summed E-state index contributed by atoms with van der Waals surface area (Å²) < 4.78 is 1.73. The Kier molecular flexibility index (Phi) is 4.36. The second-order valence-electron chi connectivity index (χ2n) is 6.92. The van der Waals surface area contributed by atoms with Crippen molar-refractivity contribution in [1.29, 1.82) is 5.26 Å². The molecule has 2 aromatic heterocycles. The highest BCUT2D eigenvalue weighted by molar-refractivity contribution is 5.77. The molecule has 25 heavy (non-hydrogen) atoms. The molecule has 4 rings (SSSR count). The van der Waals surface area contributed by atoms with E-state index in [0.29, 0.717) is 17.6 Å². The van der Waals surface area contributed by atoms with Crippen LogP contribution in [-0.4, -0.2) is 33.7 Å². The molecule has 1 saturated heterocycles. The molecule has 2 aliphatic rings. The fourth-order valence-corrected chi connectivity index (χ4v) is 3.92. The van der Waals surface area contributed by atoms with Gasteiger partial charge in [-0.15, -0.1) is 0 Å². The van der Waals surface area contributed by atoms with Crippen LogP contribution in [-0.2, 0) is 0 Å². The Morgan fingerprint density at radius 2 is 2.00 bits per heavy atom. The number of nitrogens with zero attached hydrogens (tertiary/aromatic N) is 4. The molecule has 3 heterocycles. The van der Waals surface area contributed by atoms with Crippen molar-refractivity contribution in [3.63, 3.8) is 0 Å². The van der Waals surface area contributed by atoms with Crippen LogP contribution in [0.3, 0.4) is 0 Å². The molecule has 2 aromatic rings. The standard InChI is InChI=1S/C18H22N6O/c19-10-12-9-13-11-21-18(22-14-5-7-20-8-6-14)23-16(13)24(17(12)25)15-3-1-2-4-15/h9,11,14-15,20H,1-8H2,(H,21,22,23). The Balaban J connectivity index is 1.78. The lowest BCUT2D eigenvalue weighted by Crippen LogP contribution is -2.35. The maximum absolute atomic E-state index is 12.8. The minimum Gasteiger partial charge on any atom is -0.351 e. The number of aromatic nitrogens is 3. The van der Waals surface area contributed by atoms with Gasteiger partial charge in [0.05, 0.1) is 0 Å². The van der Waals surface area contributed by atoms with E-state index in [9.17, 15) is 10.1 Å². The number of anilines is 1. The first kappa shape index (κ1) is 16.0. The number of hydrogen-bond donors (Lipinski definition) is 2. The van der Waals surface area contributed by atoms with Gasteiger partial charge in [0.2, 0.25) is 5.95 Å². The monoisotopic (exact) mass is 338 g/mol. The number of nitriles is 1. The van der Waals surface area contributed by atoms with Crippen LogP contribution in [0, 0.1) is 11.3 Å². The van der Waals surface area contributed by atoms with Crippen LogP contribution in [0.2, 0.25) is 0 Å². The zero-order valence-corrected chi connectivity index (χ0v) is 14.2. The van der Waals surface area contributed by atoms with E-state index < -0.39 is 0 Å². The van der Waals surface area contributed by atoms with E-state index in [1.54, 1.807) is 16.8 Å². The molecule has 0 atom stereocenters. The van der Waals surface area contributed by atoms with Crippen molar-refractivity contribution in [2.75, 3.05) is 18.4 Å². The summed E-state index contributed by atoms with van der Waals surface area (Å²) in [5, 5.41) is 16.8. The fraction of sp³-hybridized carbons (Fsp3) is 0.556. The molecular weight excluding hydrogens is 316 g/mol. The highest BCUT2D eigenvalue weighted by atomic mass is 16.1. The molecule has 0 aromatic carbocycles. The number of rotatable bonds is 3. The minimum absolute atomic E-state index is 0.130. The lowest BCUT2D eigenvalue weighted by atomic mass is 10.1. The van der Waals surface area contributed by atoms with Crippen LogP contribution >= 0.6 is 0 Å². The molecule has 1 aliphatic heterocycles. The molecule has 1 saturated carbocycles. The van der Waals surface area contributed by atoms with Gasteiger partial charge < -0.3 is 10.6 Å². The van der Waals surface area contributed by atoms with Crippen molar-refractivity contribution in [3.8, 4) is 6.07 Å². The molecule has 0 radical (unpaired) electrons. The predicted octanol–water partition coefficient (Wildman–Crippen LogP) is 1.94. The summed E-state index contributed by atoms with van der Waals surface area (Å²) in [5.41, 5.74) is 0.581. The average molecular weight is 338 g/mol. The SMILES string of the molecule is N#Cc1cc2cnc(NC3CCNCC3)nc2n(C2CCCC2)c1=O. The van der Waals surface area contributed by atoms with Gasteiger partial charge in [0, 0.05) is 23.7 Å². The molecule has 2 N–H and O–H groups in total. The summed E-state index contributed by atoms with van der Waals surface area (Å²) in [7, 11) is 0. The van der Waals surface area contributed by atoms with Crippen LogP contribution < -0.4 is 16.2 Å². The first-order valence-electron chi connectivity index (χ1n) is 9.06. The topological polar surface area (TPSA) is 95.6 Å². The Hall–Kier alpha value is -2.46. The van der Waals surface area contributed by atoms with Crippen molar-refractivity contribution >= 4 is 17.0 Å². The fourth-order valence-electron chi connectivity index (χ4n) is 3.92. The van der Waals surface area contributed by atoms with E-state index in [1.165, 1.54) is 0 Å². The van der Waals surface area contributed by atoms with Crippen molar-refractivity contribution in [2.24, 2.45) is 0 Å². The van der Waals surface area contributed by atoms with E-state index in [0.717, 1.165) is 57.0 Å². The van der Waals surface area contributed by atoms with Gasteiger partial charge in [0.25, 0.3) is 5.56 Å². The lowest BCUT2D eigenvalue weighted by Gasteiger charge is -2.24. The highest BCUT2D eigenvalue weighted by Gasteiger charge is 2.23. The highest BCUT2D eigenvalue weighted by Crippen LogP contribution is 2.30. The Morgan fingerprint density at radius 3 is 2.72 bits per heavy atom. The number of hydrogen-bond acceptors (Lipinski definition) is 6. The van der Waals surface area contributed by atoms with E-state index in [1.807, 2.05) is 6.07 Å². The van der Waals surface area contributed by atoms with E-state index in [2.05, 4.69) is 20.6 Å². The number of nitrogens with one attached hydrogen (secondary N) is 2. The largest absolute Gasteiger partial charge is 0.351 e. The van der Waals surface area contributed by atoms with Crippen LogP contribution in [0.15, 0.2) is 17.1 Å². The van der Waals surface area contributed by atoms with E-state index in [4.69, 9.17) is 0 Å². The first-order chi connectivity index (χ1) is 12.3. The summed E-state index contributed by atoms with van der Waals surface area (Å²) in [6.45, 7) is 1.98. The molecule has 7 nitrogen and oxygen atoms in total. The molecule has 130 valence electrons.